The summed E-state index contributed by atoms with van der Waals surface area (Å²) >= 11 is 6.01. The topological polar surface area (TPSA) is 41.6 Å². The van der Waals surface area contributed by atoms with Crippen molar-refractivity contribution in [3.8, 4) is 0 Å². The summed E-state index contributed by atoms with van der Waals surface area (Å²) in [5.74, 6) is -0.0118. The maximum atomic E-state index is 11.9. The first-order chi connectivity index (χ1) is 8.66. The third kappa shape index (κ3) is 3.45. The molecule has 1 heterocycles. The highest BCUT2D eigenvalue weighted by molar-refractivity contribution is 6.31. The van der Waals surface area contributed by atoms with Crippen LogP contribution >= 0.6 is 11.6 Å². The number of carbonyl (C=O) groups is 1. The van der Waals surface area contributed by atoms with E-state index in [2.05, 4.69) is 10.2 Å². The molecule has 5 heteroatoms. The number of halogens is 1. The Morgan fingerprint density at radius 1 is 1.44 bits per heavy atom. The summed E-state index contributed by atoms with van der Waals surface area (Å²) in [6.45, 7) is 5.30. The zero-order valence-electron chi connectivity index (χ0n) is 10.4. The van der Waals surface area contributed by atoms with Gasteiger partial charge in [-0.05, 0) is 24.6 Å². The Bertz CT molecular complexity index is 431. The molecule has 1 aromatic carbocycles. The molecular weight excluding hydrogens is 252 g/mol. The minimum Gasteiger partial charge on any atom is -0.379 e. The molecule has 0 spiro atoms. The molecule has 0 atom stereocenters. The van der Waals surface area contributed by atoms with Crippen molar-refractivity contribution < 1.29 is 9.53 Å². The van der Waals surface area contributed by atoms with Crippen LogP contribution in [-0.2, 0) is 9.53 Å². The van der Waals surface area contributed by atoms with Gasteiger partial charge in [-0.15, -0.1) is 0 Å². The van der Waals surface area contributed by atoms with E-state index in [0.29, 0.717) is 24.8 Å². The summed E-state index contributed by atoms with van der Waals surface area (Å²) in [4.78, 5) is 14.0. The highest BCUT2D eigenvalue weighted by atomic mass is 35.5. The number of nitrogens with zero attached hydrogens (tertiary/aromatic N) is 1. The van der Waals surface area contributed by atoms with Gasteiger partial charge in [-0.1, -0.05) is 17.7 Å². The van der Waals surface area contributed by atoms with E-state index in [4.69, 9.17) is 16.3 Å². The van der Waals surface area contributed by atoms with E-state index in [1.807, 2.05) is 25.1 Å². The van der Waals surface area contributed by atoms with Crippen LogP contribution in [0.2, 0.25) is 5.02 Å². The lowest BCUT2D eigenvalue weighted by Gasteiger charge is -2.25. The average molecular weight is 269 g/mol. The van der Waals surface area contributed by atoms with Crippen LogP contribution < -0.4 is 5.32 Å². The molecular formula is C13H17ClN2O2. The normalized spacial score (nSPS) is 16.6. The fourth-order valence-corrected chi connectivity index (χ4v) is 2.07. The van der Waals surface area contributed by atoms with Crippen LogP contribution in [0.1, 0.15) is 5.56 Å². The van der Waals surface area contributed by atoms with Crippen molar-refractivity contribution >= 4 is 23.2 Å². The second-order valence-electron chi connectivity index (χ2n) is 4.35. The van der Waals surface area contributed by atoms with Gasteiger partial charge in [-0.3, -0.25) is 9.69 Å². The number of rotatable bonds is 3. The summed E-state index contributed by atoms with van der Waals surface area (Å²) in [5, 5.41) is 3.56. The Morgan fingerprint density at radius 2 is 2.17 bits per heavy atom. The van der Waals surface area contributed by atoms with Gasteiger partial charge in [0.15, 0.2) is 0 Å². The predicted molar refractivity (Wildman–Crippen MR) is 72.1 cm³/mol. The van der Waals surface area contributed by atoms with Gasteiger partial charge in [0.25, 0.3) is 0 Å². The van der Waals surface area contributed by atoms with Crippen LogP contribution in [0.5, 0.6) is 0 Å². The molecule has 0 unspecified atom stereocenters. The number of amides is 1. The molecule has 1 aliphatic rings. The lowest BCUT2D eigenvalue weighted by atomic mass is 10.2. The van der Waals surface area contributed by atoms with Crippen LogP contribution in [0.25, 0.3) is 0 Å². The lowest BCUT2D eigenvalue weighted by molar-refractivity contribution is -0.118. The number of carbonyl (C=O) groups excluding carboxylic acids is 1. The third-order valence-electron chi connectivity index (χ3n) is 3.01. The number of nitrogens with one attached hydrogen (secondary N) is 1. The van der Waals surface area contributed by atoms with E-state index in [-0.39, 0.29) is 5.91 Å². The fraction of sp³-hybridized carbons (Fsp3) is 0.462. The van der Waals surface area contributed by atoms with E-state index >= 15 is 0 Å². The van der Waals surface area contributed by atoms with Crippen LogP contribution in [0.15, 0.2) is 18.2 Å². The van der Waals surface area contributed by atoms with Gasteiger partial charge in [0.2, 0.25) is 5.91 Å². The van der Waals surface area contributed by atoms with Gasteiger partial charge in [-0.25, -0.2) is 0 Å². The Balaban J connectivity index is 1.92. The van der Waals surface area contributed by atoms with Crippen LogP contribution in [0, 0.1) is 6.92 Å². The van der Waals surface area contributed by atoms with Gasteiger partial charge in [0.1, 0.15) is 0 Å². The van der Waals surface area contributed by atoms with Gasteiger partial charge in [-0.2, -0.15) is 0 Å². The number of benzene rings is 1. The highest BCUT2D eigenvalue weighted by Gasteiger charge is 2.14. The van der Waals surface area contributed by atoms with Crippen molar-refractivity contribution in [1.29, 1.82) is 0 Å². The minimum atomic E-state index is -0.0118. The van der Waals surface area contributed by atoms with Crippen molar-refractivity contribution in [1.82, 2.24) is 4.90 Å². The summed E-state index contributed by atoms with van der Waals surface area (Å²) in [5.41, 5.74) is 1.68. The molecule has 1 fully saturated rings. The molecule has 98 valence electrons. The second-order valence-corrected chi connectivity index (χ2v) is 4.76. The van der Waals surface area contributed by atoms with Crippen molar-refractivity contribution in [2.24, 2.45) is 0 Å². The Morgan fingerprint density at radius 3 is 2.89 bits per heavy atom. The quantitative estimate of drug-likeness (QED) is 0.911. The van der Waals surface area contributed by atoms with E-state index in [1.165, 1.54) is 0 Å². The molecule has 18 heavy (non-hydrogen) atoms. The molecule has 1 amide bonds. The molecule has 4 nitrogen and oxygen atoms in total. The predicted octanol–water partition coefficient (Wildman–Crippen LogP) is 1.92. The molecule has 1 aromatic rings. The van der Waals surface area contributed by atoms with Gasteiger partial charge < -0.3 is 10.1 Å². The zero-order chi connectivity index (χ0) is 13.0. The Labute approximate surface area is 112 Å². The Kier molecular flexibility index (Phi) is 4.58. The molecule has 0 aliphatic carbocycles. The molecule has 0 aromatic heterocycles. The number of ether oxygens (including phenoxy) is 1. The first-order valence-corrected chi connectivity index (χ1v) is 6.39. The highest BCUT2D eigenvalue weighted by Crippen LogP contribution is 2.22. The first-order valence-electron chi connectivity index (χ1n) is 6.02. The SMILES string of the molecule is Cc1c(Cl)cccc1NC(=O)CN1CCOCC1. The Hall–Kier alpha value is -1.10. The molecule has 1 N–H and O–H groups in total. The summed E-state index contributed by atoms with van der Waals surface area (Å²) in [6.07, 6.45) is 0. The van der Waals surface area contributed by atoms with Gasteiger partial charge in [0.05, 0.1) is 19.8 Å². The number of hydrogen-bond acceptors (Lipinski definition) is 3. The smallest absolute Gasteiger partial charge is 0.238 e. The maximum absolute atomic E-state index is 11.9. The number of hydrogen-bond donors (Lipinski definition) is 1. The van der Waals surface area contributed by atoms with E-state index in [1.54, 1.807) is 0 Å². The van der Waals surface area contributed by atoms with Gasteiger partial charge in [0, 0.05) is 23.8 Å². The van der Waals surface area contributed by atoms with Crippen molar-refractivity contribution in [2.45, 2.75) is 6.92 Å². The molecule has 0 saturated carbocycles. The van der Waals surface area contributed by atoms with Crippen LogP contribution in [-0.4, -0.2) is 43.7 Å². The molecule has 2 rings (SSSR count). The van der Waals surface area contributed by atoms with Crippen LogP contribution in [0.3, 0.4) is 0 Å². The minimum absolute atomic E-state index is 0.0118. The van der Waals surface area contributed by atoms with E-state index in [9.17, 15) is 4.79 Å². The molecule has 0 radical (unpaired) electrons. The fourth-order valence-electron chi connectivity index (χ4n) is 1.89. The number of morpholine rings is 1. The summed E-state index contributed by atoms with van der Waals surface area (Å²) < 4.78 is 5.24. The largest absolute Gasteiger partial charge is 0.379 e. The molecule has 1 aliphatic heterocycles. The maximum Gasteiger partial charge on any atom is 0.238 e. The summed E-state index contributed by atoms with van der Waals surface area (Å²) in [6, 6.07) is 5.51. The second kappa shape index (κ2) is 6.18. The van der Waals surface area contributed by atoms with E-state index < -0.39 is 0 Å². The number of anilines is 1. The zero-order valence-corrected chi connectivity index (χ0v) is 11.2. The van der Waals surface area contributed by atoms with Crippen LogP contribution in [0.4, 0.5) is 5.69 Å². The van der Waals surface area contributed by atoms with Crippen molar-refractivity contribution in [3.05, 3.63) is 28.8 Å². The van der Waals surface area contributed by atoms with E-state index in [0.717, 1.165) is 24.3 Å². The summed E-state index contributed by atoms with van der Waals surface area (Å²) in [7, 11) is 0. The van der Waals surface area contributed by atoms with Crippen molar-refractivity contribution in [3.63, 3.8) is 0 Å². The average Bonchev–Trinajstić information content (AvgIpc) is 2.36. The van der Waals surface area contributed by atoms with Gasteiger partial charge >= 0.3 is 0 Å². The molecule has 0 bridgehead atoms. The monoisotopic (exact) mass is 268 g/mol. The standard InChI is InChI=1S/C13H17ClN2O2/c1-10-11(14)3-2-4-12(10)15-13(17)9-16-5-7-18-8-6-16/h2-4H,5-9H2,1H3,(H,15,17). The molecule has 1 saturated heterocycles. The third-order valence-corrected chi connectivity index (χ3v) is 3.42. The van der Waals surface area contributed by atoms with Crippen molar-refractivity contribution in [2.75, 3.05) is 38.2 Å². The lowest BCUT2D eigenvalue weighted by Crippen LogP contribution is -2.41. The first kappa shape index (κ1) is 13.3.